The fourth-order valence-electron chi connectivity index (χ4n) is 8.09. The Morgan fingerprint density at radius 2 is 1.87 bits per heavy atom. The summed E-state index contributed by atoms with van der Waals surface area (Å²) in [6.07, 6.45) is 9.08. The second-order valence-corrected chi connectivity index (χ2v) is 10.1. The predicted octanol–water partition coefficient (Wildman–Crippen LogP) is 5.06. The van der Waals surface area contributed by atoms with Crippen LogP contribution in [0.25, 0.3) is 0 Å². The monoisotopic (exact) mass is 318 g/mol. The standard InChI is InChI=1S/C21H34O2/c1-13(2)14-12-21-10-7-16-19(3,17(21)11-15(14)21)8-6-9-20(16,4)18(22)23-5/h13-17H,6-12H2,1-5H3. The molecule has 1 spiro atoms. The van der Waals surface area contributed by atoms with Crippen LogP contribution in [-0.4, -0.2) is 13.1 Å². The Balaban J connectivity index is 1.62. The van der Waals surface area contributed by atoms with Gasteiger partial charge in [-0.3, -0.25) is 4.79 Å². The van der Waals surface area contributed by atoms with Crippen molar-refractivity contribution < 1.29 is 9.53 Å². The van der Waals surface area contributed by atoms with E-state index in [1.807, 2.05) is 0 Å². The minimum absolute atomic E-state index is 0.0499. The van der Waals surface area contributed by atoms with E-state index in [2.05, 4.69) is 27.7 Å². The second-order valence-electron chi connectivity index (χ2n) is 10.1. The van der Waals surface area contributed by atoms with Crippen LogP contribution in [-0.2, 0) is 9.53 Å². The minimum atomic E-state index is -0.240. The molecule has 7 atom stereocenters. The minimum Gasteiger partial charge on any atom is -0.469 e. The molecule has 7 unspecified atom stereocenters. The zero-order chi connectivity index (χ0) is 16.6. The predicted molar refractivity (Wildman–Crippen MR) is 91.8 cm³/mol. The molecule has 4 aliphatic carbocycles. The highest BCUT2D eigenvalue weighted by molar-refractivity contribution is 5.77. The van der Waals surface area contributed by atoms with Crippen LogP contribution in [0.1, 0.15) is 72.6 Å². The number of rotatable bonds is 2. The zero-order valence-electron chi connectivity index (χ0n) is 15.7. The summed E-state index contributed by atoms with van der Waals surface area (Å²) in [6, 6.07) is 0. The molecule has 130 valence electrons. The molecule has 0 bridgehead atoms. The van der Waals surface area contributed by atoms with Gasteiger partial charge in [0.1, 0.15) is 0 Å². The van der Waals surface area contributed by atoms with Crippen LogP contribution >= 0.6 is 0 Å². The van der Waals surface area contributed by atoms with E-state index in [9.17, 15) is 4.79 Å². The van der Waals surface area contributed by atoms with E-state index in [-0.39, 0.29) is 11.4 Å². The maximum atomic E-state index is 12.6. The maximum absolute atomic E-state index is 12.6. The number of hydrogen-bond acceptors (Lipinski definition) is 2. The van der Waals surface area contributed by atoms with Gasteiger partial charge in [-0.05, 0) is 85.9 Å². The summed E-state index contributed by atoms with van der Waals surface area (Å²) in [5.74, 6) is 4.28. The third-order valence-electron chi connectivity index (χ3n) is 9.23. The SMILES string of the molecule is COC(=O)C1(C)CCCC2(C)C1CCC13CC(C(C)C)C1CC23. The van der Waals surface area contributed by atoms with Gasteiger partial charge in [0.15, 0.2) is 0 Å². The van der Waals surface area contributed by atoms with Crippen LogP contribution in [0.2, 0.25) is 0 Å². The Morgan fingerprint density at radius 3 is 2.48 bits per heavy atom. The molecule has 0 saturated heterocycles. The number of fused-ring (bicyclic) bond motifs is 2. The van der Waals surface area contributed by atoms with E-state index >= 15 is 0 Å². The van der Waals surface area contributed by atoms with Crippen LogP contribution in [0.5, 0.6) is 0 Å². The maximum Gasteiger partial charge on any atom is 0.311 e. The molecule has 0 radical (unpaired) electrons. The molecule has 4 fully saturated rings. The fourth-order valence-corrected chi connectivity index (χ4v) is 8.09. The number of carbonyl (C=O) groups is 1. The van der Waals surface area contributed by atoms with E-state index < -0.39 is 0 Å². The molecule has 0 aliphatic heterocycles. The lowest BCUT2D eigenvalue weighted by molar-refractivity contribution is -0.293. The molecule has 0 amide bonds. The zero-order valence-corrected chi connectivity index (χ0v) is 15.7. The Kier molecular flexibility index (Phi) is 3.30. The van der Waals surface area contributed by atoms with E-state index in [1.165, 1.54) is 38.5 Å². The molecule has 23 heavy (non-hydrogen) atoms. The Hall–Kier alpha value is -0.530. The number of hydrogen-bond donors (Lipinski definition) is 0. The first kappa shape index (κ1) is 16.0. The van der Waals surface area contributed by atoms with Crippen molar-refractivity contribution in [3.05, 3.63) is 0 Å². The first-order valence-corrected chi connectivity index (χ1v) is 9.88. The molecular formula is C21H34O2. The molecule has 4 saturated carbocycles. The van der Waals surface area contributed by atoms with Crippen LogP contribution in [0, 0.1) is 45.8 Å². The van der Waals surface area contributed by atoms with Gasteiger partial charge in [0.05, 0.1) is 12.5 Å². The highest BCUT2D eigenvalue weighted by Gasteiger charge is 2.73. The lowest BCUT2D eigenvalue weighted by atomic mass is 9.27. The first-order valence-electron chi connectivity index (χ1n) is 9.88. The lowest BCUT2D eigenvalue weighted by Gasteiger charge is -2.78. The molecule has 4 aliphatic rings. The average molecular weight is 319 g/mol. The van der Waals surface area contributed by atoms with Crippen molar-refractivity contribution >= 4 is 5.97 Å². The number of ether oxygens (including phenoxy) is 1. The van der Waals surface area contributed by atoms with Crippen molar-refractivity contribution in [2.45, 2.75) is 72.6 Å². The summed E-state index contributed by atoms with van der Waals surface area (Å²) in [6.45, 7) is 9.55. The summed E-state index contributed by atoms with van der Waals surface area (Å²) < 4.78 is 5.24. The third kappa shape index (κ3) is 1.74. The van der Waals surface area contributed by atoms with Crippen LogP contribution in [0.3, 0.4) is 0 Å². The largest absolute Gasteiger partial charge is 0.469 e. The van der Waals surface area contributed by atoms with Gasteiger partial charge >= 0.3 is 5.97 Å². The summed E-state index contributed by atoms with van der Waals surface area (Å²) in [4.78, 5) is 12.6. The van der Waals surface area contributed by atoms with E-state index in [0.29, 0.717) is 16.7 Å². The number of methoxy groups -OCH3 is 1. The Morgan fingerprint density at radius 1 is 1.13 bits per heavy atom. The van der Waals surface area contributed by atoms with Crippen LogP contribution in [0.4, 0.5) is 0 Å². The molecule has 0 aromatic carbocycles. The molecule has 0 heterocycles. The van der Waals surface area contributed by atoms with E-state index in [1.54, 1.807) is 7.11 Å². The van der Waals surface area contributed by atoms with E-state index in [0.717, 1.165) is 30.1 Å². The molecule has 4 rings (SSSR count). The molecule has 2 heteroatoms. The van der Waals surface area contributed by atoms with Gasteiger partial charge < -0.3 is 4.74 Å². The van der Waals surface area contributed by atoms with Gasteiger partial charge in [0, 0.05) is 0 Å². The summed E-state index contributed by atoms with van der Waals surface area (Å²) in [7, 11) is 1.57. The van der Waals surface area contributed by atoms with Crippen molar-refractivity contribution in [3.63, 3.8) is 0 Å². The van der Waals surface area contributed by atoms with Gasteiger partial charge in [0.25, 0.3) is 0 Å². The quantitative estimate of drug-likeness (QED) is 0.665. The van der Waals surface area contributed by atoms with Gasteiger partial charge in [-0.2, -0.15) is 0 Å². The molecule has 0 aromatic heterocycles. The van der Waals surface area contributed by atoms with Crippen molar-refractivity contribution in [1.29, 1.82) is 0 Å². The van der Waals surface area contributed by atoms with E-state index in [4.69, 9.17) is 4.74 Å². The van der Waals surface area contributed by atoms with Gasteiger partial charge in [-0.25, -0.2) is 0 Å². The molecular weight excluding hydrogens is 284 g/mol. The second kappa shape index (κ2) is 4.76. The fraction of sp³-hybridized carbons (Fsp3) is 0.952. The van der Waals surface area contributed by atoms with Crippen LogP contribution < -0.4 is 0 Å². The Labute approximate surface area is 141 Å². The van der Waals surface area contributed by atoms with Gasteiger partial charge in [-0.15, -0.1) is 0 Å². The van der Waals surface area contributed by atoms with Crippen molar-refractivity contribution in [1.82, 2.24) is 0 Å². The summed E-state index contributed by atoms with van der Waals surface area (Å²) in [5.41, 5.74) is 0.794. The molecule has 0 N–H and O–H groups in total. The topological polar surface area (TPSA) is 26.3 Å². The lowest BCUT2D eigenvalue weighted by Crippen LogP contribution is -2.71. The number of carbonyl (C=O) groups excluding carboxylic acids is 1. The van der Waals surface area contributed by atoms with Crippen molar-refractivity contribution in [2.75, 3.05) is 7.11 Å². The normalized spacial score (nSPS) is 54.2. The highest BCUT2D eigenvalue weighted by atomic mass is 16.5. The summed E-state index contributed by atoms with van der Waals surface area (Å²) in [5, 5.41) is 0. The summed E-state index contributed by atoms with van der Waals surface area (Å²) >= 11 is 0. The Bertz CT molecular complexity index is 526. The highest BCUT2D eigenvalue weighted by Crippen LogP contribution is 2.80. The van der Waals surface area contributed by atoms with Gasteiger partial charge in [0.2, 0.25) is 0 Å². The molecule has 0 aromatic rings. The van der Waals surface area contributed by atoms with Gasteiger partial charge in [-0.1, -0.05) is 27.2 Å². The smallest absolute Gasteiger partial charge is 0.311 e. The van der Waals surface area contributed by atoms with Crippen molar-refractivity contribution in [2.24, 2.45) is 45.8 Å². The first-order chi connectivity index (χ1) is 10.8. The molecule has 2 nitrogen and oxygen atoms in total. The third-order valence-corrected chi connectivity index (χ3v) is 9.23. The van der Waals surface area contributed by atoms with Crippen LogP contribution in [0.15, 0.2) is 0 Å². The number of esters is 1. The van der Waals surface area contributed by atoms with Crippen molar-refractivity contribution in [3.8, 4) is 0 Å². The average Bonchev–Trinajstić information content (AvgIpc) is 2.49.